The molecule has 0 saturated heterocycles. The lowest BCUT2D eigenvalue weighted by Crippen LogP contribution is -2.42. The van der Waals surface area contributed by atoms with Gasteiger partial charge in [0.25, 0.3) is 0 Å². The second-order valence-electron chi connectivity index (χ2n) is 13.8. The highest BCUT2D eigenvalue weighted by molar-refractivity contribution is 7.79. The first-order chi connectivity index (χ1) is 27.9. The highest BCUT2D eigenvalue weighted by Gasteiger charge is 2.15. The van der Waals surface area contributed by atoms with Crippen molar-refractivity contribution in [3.63, 3.8) is 0 Å². The molecular formula is C38H70N12O6S2. The molecule has 0 spiro atoms. The molecule has 1 rings (SSSR count). The zero-order valence-electron chi connectivity index (χ0n) is 34.0. The van der Waals surface area contributed by atoms with E-state index in [2.05, 4.69) is 56.5 Å². The van der Waals surface area contributed by atoms with Gasteiger partial charge in [-0.05, 0) is 87.5 Å². The van der Waals surface area contributed by atoms with E-state index in [9.17, 15) is 19.2 Å². The van der Waals surface area contributed by atoms with E-state index in [1.54, 1.807) is 0 Å². The number of guanidine groups is 2. The number of carbonyl (C=O) groups is 4. The van der Waals surface area contributed by atoms with Crippen LogP contribution in [-0.2, 0) is 30.7 Å². The van der Waals surface area contributed by atoms with Gasteiger partial charge < -0.3 is 65.1 Å². The molecule has 0 radical (unpaired) electrons. The van der Waals surface area contributed by atoms with Crippen LogP contribution in [0.1, 0.15) is 101 Å². The van der Waals surface area contributed by atoms with Crippen molar-refractivity contribution in [2.75, 3.05) is 52.5 Å². The summed E-state index contributed by atoms with van der Waals surface area (Å²) >= 11 is 8.87. The molecule has 1 aromatic carbocycles. The van der Waals surface area contributed by atoms with E-state index in [1.807, 2.05) is 12.1 Å². The highest BCUT2D eigenvalue weighted by Crippen LogP contribution is 2.32. The Kier molecular flexibility index (Phi) is 29.3. The van der Waals surface area contributed by atoms with Gasteiger partial charge in [-0.3, -0.25) is 29.2 Å². The largest absolute Gasteiger partial charge is 0.488 e. The number of nitrogens with two attached hydrogens (primary N) is 6. The van der Waals surface area contributed by atoms with Crippen LogP contribution in [0.3, 0.4) is 0 Å². The lowest BCUT2D eigenvalue weighted by Gasteiger charge is -2.17. The number of rotatable bonds is 34. The Morgan fingerprint density at radius 2 is 0.948 bits per heavy atom. The third kappa shape index (κ3) is 26.0. The monoisotopic (exact) mass is 854 g/mol. The number of amides is 4. The summed E-state index contributed by atoms with van der Waals surface area (Å²) in [5.41, 5.74) is 35.1. The fourth-order valence-electron chi connectivity index (χ4n) is 5.53. The van der Waals surface area contributed by atoms with Gasteiger partial charge in [0.05, 0.1) is 25.2 Å². The minimum Gasteiger partial charge on any atom is -0.488 e. The average Bonchev–Trinajstić information content (AvgIpc) is 3.19. The number of hydrogen-bond donors (Lipinski definition) is 12. The van der Waals surface area contributed by atoms with Gasteiger partial charge >= 0.3 is 0 Å². The van der Waals surface area contributed by atoms with Crippen LogP contribution in [0.4, 0.5) is 0 Å². The number of nitrogens with zero attached hydrogens (tertiary/aromatic N) is 2. The predicted octanol–water partition coefficient (Wildman–Crippen LogP) is 0.431. The molecule has 58 heavy (non-hydrogen) atoms. The van der Waals surface area contributed by atoms with Gasteiger partial charge in [0, 0.05) is 50.5 Å². The van der Waals surface area contributed by atoms with E-state index < -0.39 is 12.1 Å². The maximum Gasteiger partial charge on any atom is 0.237 e. The van der Waals surface area contributed by atoms with Crippen LogP contribution >= 0.6 is 25.3 Å². The summed E-state index contributed by atoms with van der Waals surface area (Å²) in [7, 11) is 0. The summed E-state index contributed by atoms with van der Waals surface area (Å²) < 4.78 is 12.0. The topological polar surface area (TPSA) is 316 Å². The molecule has 1 aromatic rings. The van der Waals surface area contributed by atoms with Gasteiger partial charge in [-0.2, -0.15) is 25.3 Å². The van der Waals surface area contributed by atoms with Crippen LogP contribution in [0, 0.1) is 0 Å². The van der Waals surface area contributed by atoms with Crippen LogP contribution in [0.5, 0.6) is 11.5 Å². The molecule has 0 aliphatic carbocycles. The van der Waals surface area contributed by atoms with Gasteiger partial charge in [0.15, 0.2) is 23.4 Å². The van der Waals surface area contributed by atoms with Crippen molar-refractivity contribution < 1.29 is 28.7 Å². The molecule has 4 amide bonds. The Bertz CT molecular complexity index is 1410. The second-order valence-corrected chi connectivity index (χ2v) is 14.4. The molecule has 0 fully saturated rings. The third-order valence-corrected chi connectivity index (χ3v) is 9.52. The Morgan fingerprint density at radius 1 is 0.552 bits per heavy atom. The molecule has 0 aliphatic heterocycles. The Morgan fingerprint density at radius 3 is 1.45 bits per heavy atom. The number of aliphatic imine (C=N–C) groups is 2. The number of nitrogens with one attached hydrogen (secondary N) is 4. The predicted molar refractivity (Wildman–Crippen MR) is 237 cm³/mol. The molecule has 0 aromatic heterocycles. The van der Waals surface area contributed by atoms with Crippen LogP contribution < -0.4 is 65.1 Å². The fourth-order valence-corrected chi connectivity index (χ4v) is 6.12. The number of thiol groups is 2. The minimum absolute atomic E-state index is 0.00213. The number of unbranched alkanes of at least 4 members (excludes halogenated alkanes) is 6. The average molecular weight is 855 g/mol. The quantitative estimate of drug-likeness (QED) is 0.0195. The van der Waals surface area contributed by atoms with Crippen LogP contribution in [0.2, 0.25) is 0 Å². The number of ether oxygens (including phenoxy) is 2. The van der Waals surface area contributed by atoms with E-state index in [4.69, 9.17) is 43.9 Å². The number of benzene rings is 1. The molecule has 330 valence electrons. The van der Waals surface area contributed by atoms with E-state index in [1.165, 1.54) is 0 Å². The van der Waals surface area contributed by atoms with Crippen molar-refractivity contribution in [2.24, 2.45) is 44.4 Å². The minimum atomic E-state index is -0.678. The van der Waals surface area contributed by atoms with Crippen LogP contribution in [0.25, 0.3) is 0 Å². The molecule has 0 aliphatic rings. The van der Waals surface area contributed by atoms with Crippen LogP contribution in [0.15, 0.2) is 22.1 Å². The van der Waals surface area contributed by atoms with Crippen molar-refractivity contribution in [2.45, 2.75) is 113 Å². The first-order valence-corrected chi connectivity index (χ1v) is 21.5. The molecule has 16 N–H and O–H groups in total. The smallest absolute Gasteiger partial charge is 0.237 e. The highest BCUT2D eigenvalue weighted by atomic mass is 32.1. The van der Waals surface area contributed by atoms with Gasteiger partial charge in [0.1, 0.15) is 13.2 Å². The molecule has 0 saturated carbocycles. The SMILES string of the molecule is NC(N)=NCCCCCC(=O)NCCCC[C@H](N)C(=O)NCCOc1cc(CS)c(CS)cc1OCCNC(=O)CCCCCNC(=O)[C@@H](N)CCCCN=C(N)N. The molecule has 20 heteroatoms. The summed E-state index contributed by atoms with van der Waals surface area (Å²) in [6.45, 7) is 3.02. The Hall–Kier alpha value is -4.14. The molecule has 0 heterocycles. The Labute approximate surface area is 354 Å². The van der Waals surface area contributed by atoms with Gasteiger partial charge in [-0.1, -0.05) is 12.8 Å². The second kappa shape index (κ2) is 32.8. The summed E-state index contributed by atoms with van der Waals surface area (Å²) in [6.07, 6.45) is 9.42. The summed E-state index contributed by atoms with van der Waals surface area (Å²) in [5.74, 6) is 1.50. The van der Waals surface area contributed by atoms with E-state index in [0.717, 1.165) is 56.1 Å². The zero-order chi connectivity index (χ0) is 43.0. The zero-order valence-corrected chi connectivity index (χ0v) is 35.8. The summed E-state index contributed by atoms with van der Waals surface area (Å²) in [4.78, 5) is 57.0. The normalized spacial score (nSPS) is 11.8. The summed E-state index contributed by atoms with van der Waals surface area (Å²) in [6, 6.07) is 2.44. The number of hydrogen-bond acceptors (Lipinski definition) is 12. The number of carbonyl (C=O) groups excluding carboxylic acids is 4. The van der Waals surface area contributed by atoms with Crippen molar-refractivity contribution in [3.8, 4) is 11.5 Å². The molecular weight excluding hydrogens is 785 g/mol. The molecule has 18 nitrogen and oxygen atoms in total. The van der Waals surface area contributed by atoms with Crippen molar-refractivity contribution >= 4 is 60.8 Å². The van der Waals surface area contributed by atoms with Crippen molar-refractivity contribution in [3.05, 3.63) is 23.3 Å². The molecule has 0 unspecified atom stereocenters. The first kappa shape index (κ1) is 51.9. The van der Waals surface area contributed by atoms with Crippen molar-refractivity contribution in [1.29, 1.82) is 0 Å². The van der Waals surface area contributed by atoms with Gasteiger partial charge in [0.2, 0.25) is 23.6 Å². The van der Waals surface area contributed by atoms with E-state index >= 15 is 0 Å². The Balaban J connectivity index is 2.31. The van der Waals surface area contributed by atoms with Gasteiger partial charge in [-0.15, -0.1) is 0 Å². The van der Waals surface area contributed by atoms with Crippen molar-refractivity contribution in [1.82, 2.24) is 21.3 Å². The maximum atomic E-state index is 12.6. The lowest BCUT2D eigenvalue weighted by atomic mass is 10.1. The molecule has 0 bridgehead atoms. The molecule has 2 atom stereocenters. The third-order valence-electron chi connectivity index (χ3n) is 8.84. The van der Waals surface area contributed by atoms with Gasteiger partial charge in [-0.25, -0.2) is 0 Å². The standard InChI is InChI=1S/C38H70N12O6S2/c39-29(12-6-10-18-50-38(43)44)35(53)47-16-7-1-3-14-34(52)46-19-21-55-31-23-27(25-57)28(26-58)24-32(31)56-22-20-48-36(54)30(40)11-5-9-15-45-33(51)13-4-2-8-17-49-37(41)42/h23-24,29-30,57-58H,1-22,25-26,39-40H2,(H,45,51)(H,46,52)(H,47,53)(H,48,54)(H4,41,42,49)(H4,43,44,50)/t29-,30-/m0/s1. The lowest BCUT2D eigenvalue weighted by molar-refractivity contribution is -0.123. The van der Waals surface area contributed by atoms with E-state index in [-0.39, 0.29) is 55.3 Å². The van der Waals surface area contributed by atoms with E-state index in [0.29, 0.717) is 101 Å². The maximum absolute atomic E-state index is 12.6. The van der Waals surface area contributed by atoms with Crippen LogP contribution in [-0.4, -0.2) is 100 Å². The summed E-state index contributed by atoms with van der Waals surface area (Å²) in [5, 5.41) is 11.4. The first-order valence-electron chi connectivity index (χ1n) is 20.2. The fraction of sp³-hybridized carbons (Fsp3) is 0.684.